The zero-order valence-corrected chi connectivity index (χ0v) is 24.8. The van der Waals surface area contributed by atoms with Crippen molar-refractivity contribution in [3.05, 3.63) is 174 Å². The summed E-state index contributed by atoms with van der Waals surface area (Å²) in [4.78, 5) is 6.47. The number of hydrogen-bond donors (Lipinski definition) is 0. The SMILES string of the molecule is [2H]c1c([2H])c(N(c2ccc(C#N)cc2)c2ccc3ccc4c(N(c5ccc([N+]#[C-])cc5)c5c([2H])c([2H])c(F)c([2H])c5[2H])ccc5ccc2c3c54)c([2H])c([2H])c1F. The van der Waals surface area contributed by atoms with Crippen LogP contribution in [0.3, 0.4) is 0 Å². The fourth-order valence-corrected chi connectivity index (χ4v) is 6.10. The Morgan fingerprint density at radius 2 is 0.958 bits per heavy atom. The van der Waals surface area contributed by atoms with E-state index >= 15 is 0 Å². The molecule has 0 saturated heterocycles. The van der Waals surface area contributed by atoms with Crippen LogP contribution in [0.1, 0.15) is 16.5 Å². The second kappa shape index (κ2) is 11.6. The summed E-state index contributed by atoms with van der Waals surface area (Å²) in [5.74, 6) is -2.58. The number of nitrogens with zero attached hydrogens (tertiary/aromatic N) is 4. The number of halogens is 2. The highest BCUT2D eigenvalue weighted by Gasteiger charge is 2.22. The predicted octanol–water partition coefficient (Wildman–Crippen LogP) is 12.2. The van der Waals surface area contributed by atoms with Gasteiger partial charge in [-0.05, 0) is 118 Å². The van der Waals surface area contributed by atoms with Gasteiger partial charge in [-0.2, -0.15) is 5.26 Å². The van der Waals surface area contributed by atoms with E-state index in [9.17, 15) is 14.0 Å². The molecule has 0 aliphatic rings. The number of rotatable bonds is 6. The Labute approximate surface area is 286 Å². The maximum Gasteiger partial charge on any atom is 0.187 e. The van der Waals surface area contributed by atoms with Gasteiger partial charge in [-0.15, -0.1) is 0 Å². The van der Waals surface area contributed by atoms with E-state index in [1.54, 1.807) is 60.7 Å². The average Bonchev–Trinajstić information content (AvgIpc) is 3.23. The van der Waals surface area contributed by atoms with Crippen molar-refractivity contribution in [2.75, 3.05) is 9.80 Å². The van der Waals surface area contributed by atoms with Gasteiger partial charge in [-0.3, -0.25) is 0 Å². The second-order valence-corrected chi connectivity index (χ2v) is 10.9. The molecule has 0 radical (unpaired) electrons. The summed E-state index contributed by atoms with van der Waals surface area (Å²) in [5.41, 5.74) is 1.83. The van der Waals surface area contributed by atoms with Crippen LogP contribution in [0, 0.1) is 29.5 Å². The van der Waals surface area contributed by atoms with Crippen molar-refractivity contribution < 1.29 is 19.7 Å². The number of hydrogen-bond acceptors (Lipinski definition) is 3. The van der Waals surface area contributed by atoms with Gasteiger partial charge in [0.25, 0.3) is 0 Å². The molecular weight excluding hydrogens is 598 g/mol. The summed E-state index contributed by atoms with van der Waals surface area (Å²) in [5, 5.41) is 13.7. The Balaban J connectivity index is 1.46. The Morgan fingerprint density at radius 1 is 0.542 bits per heavy atom. The molecule has 0 unspecified atom stereocenters. The molecule has 4 nitrogen and oxygen atoms in total. The average molecular weight is 631 g/mol. The molecule has 0 saturated carbocycles. The van der Waals surface area contributed by atoms with Crippen LogP contribution >= 0.6 is 0 Å². The Kier molecular flexibility index (Phi) is 5.08. The van der Waals surface area contributed by atoms with Crippen LogP contribution in [0.25, 0.3) is 37.2 Å². The minimum atomic E-state index is -1.29. The smallest absolute Gasteiger partial charge is 0.187 e. The maximum atomic E-state index is 14.9. The molecule has 0 heterocycles. The molecule has 0 N–H and O–H groups in total. The summed E-state index contributed by atoms with van der Waals surface area (Å²) in [6.45, 7) is 7.44. The molecule has 8 aromatic carbocycles. The van der Waals surface area contributed by atoms with Crippen molar-refractivity contribution in [2.24, 2.45) is 0 Å². The fourth-order valence-electron chi connectivity index (χ4n) is 6.10. The fraction of sp³-hybridized carbons (Fsp3) is 0. The van der Waals surface area contributed by atoms with Crippen molar-refractivity contribution in [1.82, 2.24) is 0 Å². The molecule has 8 rings (SSSR count). The van der Waals surface area contributed by atoms with E-state index in [1.165, 1.54) is 9.80 Å². The predicted molar refractivity (Wildman–Crippen MR) is 190 cm³/mol. The quantitative estimate of drug-likeness (QED) is 0.135. The van der Waals surface area contributed by atoms with E-state index in [4.69, 9.17) is 17.5 Å². The standard InChI is InChI=1S/C42H24F2N4/c1-46-32-12-20-36(21-13-32)48(35-18-10-31(44)11-19-35)40-25-7-29-4-22-37-39(24-6-28-5-23-38(40)42(29)41(28)37)47(34-16-8-30(43)9-17-34)33-14-2-27(26-45)3-15-33/h2-25H/i8D,9D,10D,11D,16D,17D,18D,19D. The van der Waals surface area contributed by atoms with Crippen LogP contribution in [-0.4, -0.2) is 0 Å². The molecule has 0 aliphatic heterocycles. The van der Waals surface area contributed by atoms with Crippen LogP contribution in [0.4, 0.5) is 48.6 Å². The highest BCUT2D eigenvalue weighted by atomic mass is 19.1. The third-order valence-electron chi connectivity index (χ3n) is 8.20. The molecule has 6 heteroatoms. The molecule has 0 atom stereocenters. The third kappa shape index (κ3) is 4.81. The number of anilines is 6. The number of benzene rings is 8. The van der Waals surface area contributed by atoms with Crippen molar-refractivity contribution in [1.29, 1.82) is 5.26 Å². The Bertz CT molecular complexity index is 2750. The maximum absolute atomic E-state index is 14.9. The van der Waals surface area contributed by atoms with Gasteiger partial charge >= 0.3 is 0 Å². The van der Waals surface area contributed by atoms with Crippen LogP contribution < -0.4 is 9.80 Å². The van der Waals surface area contributed by atoms with E-state index in [1.807, 2.05) is 36.4 Å². The van der Waals surface area contributed by atoms with Gasteiger partial charge in [0.1, 0.15) is 11.6 Å². The minimum absolute atomic E-state index is 0.209. The molecule has 0 bridgehead atoms. The van der Waals surface area contributed by atoms with Gasteiger partial charge in [0, 0.05) is 33.5 Å². The summed E-state index contributed by atoms with van der Waals surface area (Å²) in [6, 6.07) is 23.4. The van der Waals surface area contributed by atoms with Crippen LogP contribution in [0.2, 0.25) is 0 Å². The second-order valence-electron chi connectivity index (χ2n) is 10.9. The lowest BCUT2D eigenvalue weighted by molar-refractivity contribution is 0.627. The molecule has 8 aromatic rings. The summed E-state index contributed by atoms with van der Waals surface area (Å²) >= 11 is 0. The van der Waals surface area contributed by atoms with E-state index in [0.29, 0.717) is 55.5 Å². The van der Waals surface area contributed by atoms with Gasteiger partial charge < -0.3 is 9.80 Å². The Morgan fingerprint density at radius 3 is 1.38 bits per heavy atom. The van der Waals surface area contributed by atoms with Gasteiger partial charge in [0.2, 0.25) is 0 Å². The highest BCUT2D eigenvalue weighted by Crippen LogP contribution is 2.47. The lowest BCUT2D eigenvalue weighted by Gasteiger charge is -2.29. The minimum Gasteiger partial charge on any atom is -0.310 e. The van der Waals surface area contributed by atoms with Crippen molar-refractivity contribution in [3.8, 4) is 6.07 Å². The first-order valence-electron chi connectivity index (χ1n) is 18.7. The first-order chi connectivity index (χ1) is 26.9. The van der Waals surface area contributed by atoms with Gasteiger partial charge in [0.05, 0.1) is 40.5 Å². The van der Waals surface area contributed by atoms with Gasteiger partial charge in [-0.1, -0.05) is 48.5 Å². The zero-order chi connectivity index (χ0) is 39.7. The summed E-state index contributed by atoms with van der Waals surface area (Å²) in [7, 11) is 0. The first kappa shape index (κ1) is 21.1. The molecule has 0 aromatic heterocycles. The normalized spacial score (nSPS) is 13.4. The molecule has 0 spiro atoms. The monoisotopic (exact) mass is 630 g/mol. The molecule has 48 heavy (non-hydrogen) atoms. The molecule has 0 aliphatic carbocycles. The summed E-state index contributed by atoms with van der Waals surface area (Å²) < 4.78 is 98.2. The highest BCUT2D eigenvalue weighted by molar-refractivity contribution is 6.28. The van der Waals surface area contributed by atoms with Crippen LogP contribution in [0.15, 0.2) is 145 Å². The first-order valence-corrected chi connectivity index (χ1v) is 14.7. The van der Waals surface area contributed by atoms with E-state index in [2.05, 4.69) is 10.9 Å². The lowest BCUT2D eigenvalue weighted by atomic mass is 9.91. The number of nitriles is 1. The molecule has 226 valence electrons. The van der Waals surface area contributed by atoms with Crippen molar-refractivity contribution in [3.63, 3.8) is 0 Å². The molecule has 0 fully saturated rings. The largest absolute Gasteiger partial charge is 0.310 e. The van der Waals surface area contributed by atoms with Crippen LogP contribution in [-0.2, 0) is 0 Å². The van der Waals surface area contributed by atoms with E-state index < -0.39 is 60.0 Å². The molecular formula is C42H24F2N4. The zero-order valence-electron chi connectivity index (χ0n) is 32.8. The van der Waals surface area contributed by atoms with E-state index in [0.717, 1.165) is 10.8 Å². The third-order valence-corrected chi connectivity index (χ3v) is 8.20. The summed E-state index contributed by atoms with van der Waals surface area (Å²) in [6.07, 6.45) is 0. The van der Waals surface area contributed by atoms with E-state index in [-0.39, 0.29) is 11.4 Å². The van der Waals surface area contributed by atoms with Crippen molar-refractivity contribution in [2.45, 2.75) is 0 Å². The van der Waals surface area contributed by atoms with Crippen molar-refractivity contribution >= 4 is 72.1 Å². The Hall–Kier alpha value is -6.76. The topological polar surface area (TPSA) is 34.6 Å². The van der Waals surface area contributed by atoms with Crippen LogP contribution in [0.5, 0.6) is 0 Å². The molecule has 0 amide bonds. The van der Waals surface area contributed by atoms with Gasteiger partial charge in [0.15, 0.2) is 5.69 Å². The van der Waals surface area contributed by atoms with Gasteiger partial charge in [-0.25, -0.2) is 13.6 Å². The lowest BCUT2D eigenvalue weighted by Crippen LogP contribution is -2.11.